The van der Waals surface area contributed by atoms with Gasteiger partial charge in [0.25, 0.3) is 5.91 Å². The van der Waals surface area contributed by atoms with Gasteiger partial charge in [-0.05, 0) is 13.0 Å². The zero-order valence-corrected chi connectivity index (χ0v) is 7.14. The average Bonchev–Trinajstić information content (AvgIpc) is 2.28. The number of pyridine rings is 1. The Morgan fingerprint density at radius 1 is 1.54 bits per heavy atom. The van der Waals surface area contributed by atoms with E-state index in [9.17, 15) is 9.00 Å². The highest BCUT2D eigenvalue weighted by Crippen LogP contribution is 2.18. The van der Waals surface area contributed by atoms with E-state index in [2.05, 4.69) is 9.71 Å². The molecule has 70 valence electrons. The van der Waals surface area contributed by atoms with E-state index in [1.165, 1.54) is 6.20 Å². The Morgan fingerprint density at radius 2 is 2.23 bits per heavy atom. The molecule has 0 spiro atoms. The molecule has 4 nitrogen and oxygen atoms in total. The highest BCUT2D eigenvalue weighted by molar-refractivity contribution is 7.84. The van der Waals surface area contributed by atoms with E-state index in [1.807, 2.05) is 0 Å². The Bertz CT molecular complexity index is 390. The third kappa shape index (κ3) is 1.47. The minimum absolute atomic E-state index is 0. The van der Waals surface area contributed by atoms with E-state index < -0.39 is 11.0 Å². The molecule has 0 fully saturated rings. The van der Waals surface area contributed by atoms with Crippen molar-refractivity contribution in [3.05, 3.63) is 23.5 Å². The van der Waals surface area contributed by atoms with Crippen LogP contribution in [0.1, 0.15) is 23.5 Å². The van der Waals surface area contributed by atoms with Crippen LogP contribution in [-0.4, -0.2) is 15.1 Å². The molecule has 2 heterocycles. The lowest BCUT2D eigenvalue weighted by atomic mass is 10.2. The monoisotopic (exact) mass is 198 g/mol. The molecular weight excluding hydrogens is 188 g/mol. The highest BCUT2D eigenvalue weighted by Gasteiger charge is 2.25. The third-order valence-electron chi connectivity index (χ3n) is 1.63. The molecule has 0 saturated heterocycles. The van der Waals surface area contributed by atoms with Crippen LogP contribution >= 0.6 is 0 Å². The van der Waals surface area contributed by atoms with Crippen LogP contribution in [0.2, 0.25) is 0 Å². The topological polar surface area (TPSA) is 59.1 Å². The van der Waals surface area contributed by atoms with Crippen LogP contribution in [0.25, 0.3) is 0 Å². The molecule has 1 unspecified atom stereocenters. The van der Waals surface area contributed by atoms with E-state index in [0.717, 1.165) is 5.69 Å². The Kier molecular flexibility index (Phi) is 2.47. The number of aryl methyl sites for hydroxylation is 1. The van der Waals surface area contributed by atoms with Crippen LogP contribution in [0.4, 0.5) is 0 Å². The molecule has 5 heteroatoms. The number of nitrogens with zero attached hydrogens (tertiary/aromatic N) is 1. The molecule has 1 aromatic heterocycles. The first kappa shape index (κ1) is 9.85. The molecule has 0 aliphatic carbocycles. The molecule has 0 aromatic carbocycles. The predicted molar refractivity (Wildman–Crippen MR) is 49.6 cm³/mol. The molecule has 0 bridgehead atoms. The fraction of sp³-hybridized carbons (Fsp3) is 0.250. The Labute approximate surface area is 79.0 Å². The summed E-state index contributed by atoms with van der Waals surface area (Å²) in [5.41, 5.74) is 1.23. The first-order valence-corrected chi connectivity index (χ1v) is 4.53. The number of carbonyl (C=O) groups excluding carboxylic acids is 1. The van der Waals surface area contributed by atoms with Crippen LogP contribution in [0.3, 0.4) is 0 Å². The lowest BCUT2D eigenvalue weighted by Crippen LogP contribution is -2.15. The zero-order chi connectivity index (χ0) is 8.72. The van der Waals surface area contributed by atoms with Gasteiger partial charge in [-0.15, -0.1) is 0 Å². The maximum atomic E-state index is 11.1. The molecule has 13 heavy (non-hydrogen) atoms. The summed E-state index contributed by atoms with van der Waals surface area (Å²) in [6.07, 6.45) is 1.47. The lowest BCUT2D eigenvalue weighted by molar-refractivity contribution is 0.0985. The second-order valence-electron chi connectivity index (χ2n) is 2.52. The maximum absolute atomic E-state index is 11.1. The van der Waals surface area contributed by atoms with Crippen LogP contribution < -0.4 is 4.72 Å². The van der Waals surface area contributed by atoms with Crippen molar-refractivity contribution in [2.45, 2.75) is 19.2 Å². The summed E-state index contributed by atoms with van der Waals surface area (Å²) in [6, 6.07) is 1.63. The molecule has 1 N–H and O–H groups in total. The SMILES string of the molecule is C.Cc1cc2c(cn1)S(=O)NC2=O. The van der Waals surface area contributed by atoms with Crippen molar-refractivity contribution in [1.82, 2.24) is 9.71 Å². The number of hydrogen-bond donors (Lipinski definition) is 1. The molecule has 1 atom stereocenters. The van der Waals surface area contributed by atoms with Crippen LogP contribution in [0, 0.1) is 6.92 Å². The minimum atomic E-state index is -1.40. The fourth-order valence-corrected chi connectivity index (χ4v) is 1.95. The average molecular weight is 198 g/mol. The summed E-state index contributed by atoms with van der Waals surface area (Å²) in [5.74, 6) is -0.283. The normalized spacial score (nSPS) is 18.8. The summed E-state index contributed by atoms with van der Waals surface area (Å²) >= 11 is 0. The Morgan fingerprint density at radius 3 is 2.92 bits per heavy atom. The largest absolute Gasteiger partial charge is 0.268 e. The molecule has 1 amide bonds. The van der Waals surface area contributed by atoms with Gasteiger partial charge in [0.2, 0.25) is 0 Å². The summed E-state index contributed by atoms with van der Waals surface area (Å²) < 4.78 is 13.4. The van der Waals surface area contributed by atoms with Gasteiger partial charge in [-0.25, -0.2) is 4.21 Å². The smallest absolute Gasteiger partial charge is 0.264 e. The number of fused-ring (bicyclic) bond motifs is 1. The van der Waals surface area contributed by atoms with Crippen LogP contribution in [0.15, 0.2) is 17.2 Å². The van der Waals surface area contributed by atoms with Crippen molar-refractivity contribution in [2.75, 3.05) is 0 Å². The highest BCUT2D eigenvalue weighted by atomic mass is 32.2. The maximum Gasteiger partial charge on any atom is 0.264 e. The van der Waals surface area contributed by atoms with E-state index in [4.69, 9.17) is 0 Å². The zero-order valence-electron chi connectivity index (χ0n) is 6.33. The van der Waals surface area contributed by atoms with Gasteiger partial charge >= 0.3 is 0 Å². The number of nitrogens with one attached hydrogen (secondary N) is 1. The molecule has 0 radical (unpaired) electrons. The minimum Gasteiger partial charge on any atom is -0.268 e. The summed E-state index contributed by atoms with van der Waals surface area (Å²) in [7, 11) is -1.40. The summed E-state index contributed by atoms with van der Waals surface area (Å²) in [5, 5.41) is 0. The van der Waals surface area contributed by atoms with Crippen LogP contribution in [-0.2, 0) is 11.0 Å². The van der Waals surface area contributed by atoms with Gasteiger partial charge in [0, 0.05) is 11.9 Å². The van der Waals surface area contributed by atoms with Gasteiger partial charge in [0.15, 0.2) is 11.0 Å². The molecule has 2 rings (SSSR count). The van der Waals surface area contributed by atoms with Crippen molar-refractivity contribution >= 4 is 16.9 Å². The van der Waals surface area contributed by atoms with E-state index in [0.29, 0.717) is 10.5 Å². The van der Waals surface area contributed by atoms with Gasteiger partial charge in [0.05, 0.1) is 10.5 Å². The standard InChI is InChI=1S/C7H6N2O2S.CH4/c1-4-2-5-6(3-8-4)12(11)9-7(5)10;/h2-3H,1H3,(H,9,10);1H4. The predicted octanol–water partition coefficient (Wildman–Crippen LogP) is 0.792. The second kappa shape index (κ2) is 3.26. The van der Waals surface area contributed by atoms with Gasteiger partial charge < -0.3 is 0 Å². The van der Waals surface area contributed by atoms with Crippen LogP contribution in [0.5, 0.6) is 0 Å². The summed E-state index contributed by atoms with van der Waals surface area (Å²) in [6.45, 7) is 1.79. The molecule has 0 saturated carbocycles. The number of amides is 1. The van der Waals surface area contributed by atoms with E-state index in [-0.39, 0.29) is 13.3 Å². The van der Waals surface area contributed by atoms with Crippen molar-refractivity contribution < 1.29 is 9.00 Å². The quantitative estimate of drug-likeness (QED) is 0.670. The molecule has 1 aliphatic heterocycles. The molecule has 1 aromatic rings. The van der Waals surface area contributed by atoms with E-state index in [1.54, 1.807) is 13.0 Å². The second-order valence-corrected chi connectivity index (χ2v) is 3.70. The molecule has 1 aliphatic rings. The van der Waals surface area contributed by atoms with Gasteiger partial charge in [-0.3, -0.25) is 14.5 Å². The van der Waals surface area contributed by atoms with Gasteiger partial charge in [0.1, 0.15) is 0 Å². The molecular formula is C8H10N2O2S. The first-order chi connectivity index (χ1) is 5.68. The number of rotatable bonds is 0. The fourth-order valence-electron chi connectivity index (χ4n) is 1.07. The van der Waals surface area contributed by atoms with Crippen molar-refractivity contribution in [3.63, 3.8) is 0 Å². The van der Waals surface area contributed by atoms with Crippen molar-refractivity contribution in [3.8, 4) is 0 Å². The Hall–Kier alpha value is -1.23. The lowest BCUT2D eigenvalue weighted by Gasteiger charge is -1.93. The third-order valence-corrected chi connectivity index (χ3v) is 2.73. The van der Waals surface area contributed by atoms with Crippen molar-refractivity contribution in [1.29, 1.82) is 0 Å². The number of hydrogen-bond acceptors (Lipinski definition) is 3. The van der Waals surface area contributed by atoms with Gasteiger partial charge in [-0.2, -0.15) is 0 Å². The van der Waals surface area contributed by atoms with E-state index >= 15 is 0 Å². The number of carbonyl (C=O) groups is 1. The van der Waals surface area contributed by atoms with Crippen molar-refractivity contribution in [2.24, 2.45) is 0 Å². The summed E-state index contributed by atoms with van der Waals surface area (Å²) in [4.78, 5) is 15.5. The Balaban J connectivity index is 0.000000845. The van der Waals surface area contributed by atoms with Gasteiger partial charge in [-0.1, -0.05) is 7.43 Å². The number of aromatic nitrogens is 1. The first-order valence-electron chi connectivity index (χ1n) is 3.38.